The number of hydrogen-bond acceptors (Lipinski definition) is 6. The molecule has 1 fully saturated rings. The lowest BCUT2D eigenvalue weighted by atomic mass is 10.2. The number of carbonyl (C=O) groups is 1. The summed E-state index contributed by atoms with van der Waals surface area (Å²) in [4.78, 5) is 23.9. The van der Waals surface area contributed by atoms with E-state index in [4.69, 9.17) is 27.9 Å². The third-order valence-corrected chi connectivity index (χ3v) is 4.62. The average molecular weight is 375 g/mol. The van der Waals surface area contributed by atoms with Gasteiger partial charge in [0.15, 0.2) is 0 Å². The number of ether oxygens (including phenoxy) is 1. The van der Waals surface area contributed by atoms with Crippen molar-refractivity contribution in [3.8, 4) is 0 Å². The summed E-state index contributed by atoms with van der Waals surface area (Å²) in [6, 6.07) is 1.33. The smallest absolute Gasteiger partial charge is 0.269 e. The first-order chi connectivity index (χ1) is 11.0. The highest BCUT2D eigenvalue weighted by molar-refractivity contribution is 7.15. The Balaban J connectivity index is 1.67. The third kappa shape index (κ3) is 3.89. The molecule has 0 spiro atoms. The van der Waals surface area contributed by atoms with Gasteiger partial charge in [-0.15, -0.1) is 10.2 Å². The van der Waals surface area contributed by atoms with Crippen LogP contribution in [0.15, 0.2) is 17.1 Å². The fourth-order valence-electron chi connectivity index (χ4n) is 2.18. The number of nitrogens with one attached hydrogen (secondary N) is 1. The van der Waals surface area contributed by atoms with E-state index in [1.54, 1.807) is 0 Å². The number of nitrogens with zero attached hydrogens (tertiary/aromatic N) is 3. The van der Waals surface area contributed by atoms with Crippen LogP contribution in [-0.2, 0) is 16.1 Å². The molecule has 1 saturated heterocycles. The van der Waals surface area contributed by atoms with Gasteiger partial charge in [-0.3, -0.25) is 14.9 Å². The zero-order valence-electron chi connectivity index (χ0n) is 11.8. The van der Waals surface area contributed by atoms with Crippen molar-refractivity contribution in [2.45, 2.75) is 25.5 Å². The predicted octanol–water partition coefficient (Wildman–Crippen LogP) is 2.50. The summed E-state index contributed by atoms with van der Waals surface area (Å²) in [5.41, 5.74) is -0.483. The Kier molecular flexibility index (Phi) is 4.96. The summed E-state index contributed by atoms with van der Waals surface area (Å²) in [6.45, 7) is 0.498. The first-order valence-electron chi connectivity index (χ1n) is 6.83. The molecule has 0 saturated carbocycles. The van der Waals surface area contributed by atoms with Gasteiger partial charge < -0.3 is 9.30 Å². The molecular weight excluding hydrogens is 363 g/mol. The zero-order chi connectivity index (χ0) is 16.4. The van der Waals surface area contributed by atoms with E-state index in [9.17, 15) is 9.59 Å². The molecule has 0 bridgehead atoms. The fourth-order valence-corrected chi connectivity index (χ4v) is 3.54. The molecule has 2 aromatic heterocycles. The molecule has 0 aromatic carbocycles. The highest BCUT2D eigenvalue weighted by atomic mass is 35.5. The van der Waals surface area contributed by atoms with E-state index in [0.29, 0.717) is 11.7 Å². The lowest BCUT2D eigenvalue weighted by Gasteiger charge is -2.06. The summed E-state index contributed by atoms with van der Waals surface area (Å²) in [5, 5.41) is 11.9. The van der Waals surface area contributed by atoms with Crippen LogP contribution >= 0.6 is 34.5 Å². The largest absolute Gasteiger partial charge is 0.371 e. The third-order valence-electron chi connectivity index (χ3n) is 3.22. The molecule has 0 radical (unpaired) electrons. The minimum absolute atomic E-state index is 0.0399. The number of anilines is 1. The highest BCUT2D eigenvalue weighted by Crippen LogP contribution is 2.31. The first-order valence-corrected chi connectivity index (χ1v) is 8.40. The van der Waals surface area contributed by atoms with Crippen LogP contribution in [0.3, 0.4) is 0 Å². The molecule has 122 valence electrons. The lowest BCUT2D eigenvalue weighted by molar-refractivity contribution is -0.116. The van der Waals surface area contributed by atoms with E-state index in [1.165, 1.54) is 23.6 Å². The van der Waals surface area contributed by atoms with Crippen molar-refractivity contribution < 1.29 is 9.53 Å². The number of carbonyl (C=O) groups excluding carboxylic acids is 1. The quantitative estimate of drug-likeness (QED) is 0.888. The van der Waals surface area contributed by atoms with Gasteiger partial charge in [0.2, 0.25) is 11.0 Å². The number of halogens is 2. The van der Waals surface area contributed by atoms with Crippen molar-refractivity contribution >= 4 is 45.6 Å². The normalized spacial score (nSPS) is 17.4. The maximum Gasteiger partial charge on any atom is 0.269 e. The Labute approximate surface area is 145 Å². The van der Waals surface area contributed by atoms with Crippen LogP contribution in [-0.4, -0.2) is 27.3 Å². The van der Waals surface area contributed by atoms with Gasteiger partial charge in [0.1, 0.15) is 22.7 Å². The van der Waals surface area contributed by atoms with E-state index in [2.05, 4.69) is 15.5 Å². The summed E-state index contributed by atoms with van der Waals surface area (Å²) in [7, 11) is 0. The van der Waals surface area contributed by atoms with Crippen molar-refractivity contribution in [2.75, 3.05) is 11.9 Å². The van der Waals surface area contributed by atoms with Crippen LogP contribution in [0.2, 0.25) is 10.0 Å². The molecule has 3 rings (SSSR count). The molecule has 10 heteroatoms. The molecule has 7 nitrogen and oxygen atoms in total. The second-order valence-electron chi connectivity index (χ2n) is 4.93. The van der Waals surface area contributed by atoms with Crippen molar-refractivity contribution in [1.82, 2.24) is 14.8 Å². The van der Waals surface area contributed by atoms with Crippen LogP contribution in [0.1, 0.15) is 24.0 Å². The fraction of sp³-hybridized carbons (Fsp3) is 0.385. The molecule has 1 atom stereocenters. The van der Waals surface area contributed by atoms with E-state index in [-0.39, 0.29) is 22.7 Å². The minimum Gasteiger partial charge on any atom is -0.371 e. The number of amides is 1. The molecule has 2 aromatic rings. The van der Waals surface area contributed by atoms with Crippen LogP contribution in [0.4, 0.5) is 5.13 Å². The number of pyridine rings is 1. The first kappa shape index (κ1) is 16.4. The maximum absolute atomic E-state index is 12.0. The van der Waals surface area contributed by atoms with Crippen molar-refractivity contribution in [2.24, 2.45) is 0 Å². The number of rotatable bonds is 4. The molecule has 1 amide bonds. The molecule has 1 N–H and O–H groups in total. The maximum atomic E-state index is 12.0. The molecule has 1 aliphatic heterocycles. The van der Waals surface area contributed by atoms with Crippen molar-refractivity contribution in [1.29, 1.82) is 0 Å². The van der Waals surface area contributed by atoms with E-state index >= 15 is 0 Å². The Morgan fingerprint density at radius 2 is 2.30 bits per heavy atom. The van der Waals surface area contributed by atoms with Gasteiger partial charge in [0, 0.05) is 12.8 Å². The van der Waals surface area contributed by atoms with Crippen molar-refractivity contribution in [3.05, 3.63) is 37.7 Å². The number of aromatic nitrogens is 3. The van der Waals surface area contributed by atoms with E-state index in [0.717, 1.165) is 22.4 Å². The topological polar surface area (TPSA) is 86.1 Å². The summed E-state index contributed by atoms with van der Waals surface area (Å²) >= 11 is 12.8. The predicted molar refractivity (Wildman–Crippen MR) is 87.2 cm³/mol. The Hall–Kier alpha value is -1.48. The van der Waals surface area contributed by atoms with Crippen molar-refractivity contribution in [3.63, 3.8) is 0 Å². The highest BCUT2D eigenvalue weighted by Gasteiger charge is 2.22. The van der Waals surface area contributed by atoms with Gasteiger partial charge in [0.05, 0.1) is 5.02 Å². The van der Waals surface area contributed by atoms with E-state index < -0.39 is 11.5 Å². The second kappa shape index (κ2) is 6.96. The van der Waals surface area contributed by atoms with Crippen LogP contribution < -0.4 is 10.9 Å². The standard InChI is InChI=1S/C13H12Cl2N4O3S/c14-7-4-8(15)12(21)19(5-7)6-10(20)16-13-18-17-11(23-13)9-2-1-3-22-9/h4-5,9H,1-3,6H2,(H,16,18,20). The van der Waals surface area contributed by atoms with Gasteiger partial charge in [-0.25, -0.2) is 0 Å². The summed E-state index contributed by atoms with van der Waals surface area (Å²) in [5.74, 6) is -0.416. The van der Waals surface area contributed by atoms with Crippen LogP contribution in [0.25, 0.3) is 0 Å². The molecule has 1 aliphatic rings. The SMILES string of the molecule is O=C(Cn1cc(Cl)cc(Cl)c1=O)Nc1nnc(C2CCCO2)s1. The van der Waals surface area contributed by atoms with E-state index in [1.807, 2.05) is 0 Å². The Morgan fingerprint density at radius 3 is 3.04 bits per heavy atom. The molecule has 0 aliphatic carbocycles. The van der Waals surface area contributed by atoms with Gasteiger partial charge in [0.25, 0.3) is 5.56 Å². The average Bonchev–Trinajstić information content (AvgIpc) is 3.14. The second-order valence-corrected chi connectivity index (χ2v) is 6.79. The minimum atomic E-state index is -0.483. The number of hydrogen-bond donors (Lipinski definition) is 1. The zero-order valence-corrected chi connectivity index (χ0v) is 14.1. The van der Waals surface area contributed by atoms with Gasteiger partial charge in [-0.1, -0.05) is 34.5 Å². The molecule has 23 heavy (non-hydrogen) atoms. The Bertz CT molecular complexity index is 786. The monoisotopic (exact) mass is 374 g/mol. The van der Waals surface area contributed by atoms with Crippen LogP contribution in [0, 0.1) is 0 Å². The van der Waals surface area contributed by atoms with Gasteiger partial charge in [-0.2, -0.15) is 0 Å². The lowest BCUT2D eigenvalue weighted by Crippen LogP contribution is -2.27. The Morgan fingerprint density at radius 1 is 1.48 bits per heavy atom. The molecule has 1 unspecified atom stereocenters. The molecule has 3 heterocycles. The summed E-state index contributed by atoms with van der Waals surface area (Å²) in [6.07, 6.45) is 3.20. The molecular formula is C13H12Cl2N4O3S. The van der Waals surface area contributed by atoms with Gasteiger partial charge in [-0.05, 0) is 18.9 Å². The van der Waals surface area contributed by atoms with Gasteiger partial charge >= 0.3 is 0 Å². The van der Waals surface area contributed by atoms with Crippen LogP contribution in [0.5, 0.6) is 0 Å². The summed E-state index contributed by atoms with van der Waals surface area (Å²) < 4.78 is 6.66.